The molecule has 3 aromatic rings. The molecule has 0 unspecified atom stereocenters. The lowest BCUT2D eigenvalue weighted by molar-refractivity contribution is -0.384. The Hall–Kier alpha value is -3.79. The number of non-ortho nitro benzene ring substituents is 1. The molecule has 160 valence electrons. The number of aromatic nitrogens is 1. The molecule has 0 aliphatic rings. The number of hydrogen-bond acceptors (Lipinski definition) is 7. The zero-order valence-corrected chi connectivity index (χ0v) is 17.6. The number of carbonyl (C=O) groups is 2. The second kappa shape index (κ2) is 9.81. The number of benzene rings is 2. The summed E-state index contributed by atoms with van der Waals surface area (Å²) in [4.78, 5) is 39.2. The van der Waals surface area contributed by atoms with Gasteiger partial charge in [0.25, 0.3) is 11.6 Å². The molecular weight excluding hydrogens is 422 g/mol. The van der Waals surface area contributed by atoms with Crippen LogP contribution in [0.4, 0.5) is 5.69 Å². The van der Waals surface area contributed by atoms with Gasteiger partial charge >= 0.3 is 5.97 Å². The summed E-state index contributed by atoms with van der Waals surface area (Å²) < 4.78 is 12.7. The maximum Gasteiger partial charge on any atom is 0.326 e. The zero-order valence-electron chi connectivity index (χ0n) is 16.8. The number of amides is 1. The van der Waals surface area contributed by atoms with Crippen LogP contribution in [-0.2, 0) is 20.9 Å². The summed E-state index contributed by atoms with van der Waals surface area (Å²) in [7, 11) is 1.55. The Bertz CT molecular complexity index is 1220. The van der Waals surface area contributed by atoms with Gasteiger partial charge in [-0.3, -0.25) is 19.7 Å². The van der Waals surface area contributed by atoms with Crippen LogP contribution in [0.25, 0.3) is 16.3 Å². The summed E-state index contributed by atoms with van der Waals surface area (Å²) in [5, 5.41) is 10.7. The fourth-order valence-electron chi connectivity index (χ4n) is 2.76. The minimum Gasteiger partial charge on any atom is -0.497 e. The highest BCUT2D eigenvalue weighted by Gasteiger charge is 2.12. The van der Waals surface area contributed by atoms with Crippen LogP contribution < -0.4 is 9.54 Å². The van der Waals surface area contributed by atoms with E-state index >= 15 is 0 Å². The van der Waals surface area contributed by atoms with Gasteiger partial charge in [0.05, 0.1) is 28.9 Å². The molecule has 0 aliphatic heterocycles. The summed E-state index contributed by atoms with van der Waals surface area (Å²) in [6.07, 6.45) is 2.78. The van der Waals surface area contributed by atoms with Crippen LogP contribution in [0.5, 0.6) is 5.75 Å². The molecule has 0 bridgehead atoms. The van der Waals surface area contributed by atoms with Crippen LogP contribution in [0.2, 0.25) is 0 Å². The van der Waals surface area contributed by atoms with Crippen LogP contribution in [0.1, 0.15) is 12.5 Å². The highest BCUT2D eigenvalue weighted by molar-refractivity contribution is 7.16. The van der Waals surface area contributed by atoms with E-state index in [1.807, 2.05) is 0 Å². The fourth-order valence-corrected chi connectivity index (χ4v) is 3.82. The molecule has 9 nitrogen and oxygen atoms in total. The Morgan fingerprint density at radius 2 is 1.97 bits per heavy atom. The quantitative estimate of drug-likeness (QED) is 0.241. The topological polar surface area (TPSA) is 113 Å². The number of thiazole rings is 1. The van der Waals surface area contributed by atoms with Crippen molar-refractivity contribution in [3.8, 4) is 5.75 Å². The van der Waals surface area contributed by atoms with Gasteiger partial charge in [-0.2, -0.15) is 4.99 Å². The van der Waals surface area contributed by atoms with Crippen molar-refractivity contribution in [2.45, 2.75) is 13.5 Å². The number of nitro groups is 1. The fraction of sp³-hybridized carbons (Fsp3) is 0.190. The first kappa shape index (κ1) is 21.9. The normalized spacial score (nSPS) is 11.7. The Kier molecular flexibility index (Phi) is 6.93. The lowest BCUT2D eigenvalue weighted by atomic mass is 10.2. The average Bonchev–Trinajstić information content (AvgIpc) is 3.08. The Morgan fingerprint density at radius 3 is 2.61 bits per heavy atom. The third kappa shape index (κ3) is 5.43. The largest absolute Gasteiger partial charge is 0.497 e. The first-order chi connectivity index (χ1) is 14.9. The maximum atomic E-state index is 12.4. The summed E-state index contributed by atoms with van der Waals surface area (Å²) in [6, 6.07) is 11.1. The third-order valence-electron chi connectivity index (χ3n) is 4.21. The van der Waals surface area contributed by atoms with Crippen molar-refractivity contribution in [1.29, 1.82) is 0 Å². The summed E-state index contributed by atoms with van der Waals surface area (Å²) in [5.41, 5.74) is 1.31. The second-order valence-electron chi connectivity index (χ2n) is 6.24. The number of methoxy groups -OCH3 is 1. The minimum absolute atomic E-state index is 0.0334. The van der Waals surface area contributed by atoms with Crippen LogP contribution in [0.15, 0.2) is 53.5 Å². The molecule has 1 aromatic heterocycles. The molecule has 0 atom stereocenters. The Balaban J connectivity index is 1.94. The van der Waals surface area contributed by atoms with Gasteiger partial charge in [0.1, 0.15) is 12.3 Å². The summed E-state index contributed by atoms with van der Waals surface area (Å²) >= 11 is 1.25. The van der Waals surface area contributed by atoms with E-state index in [1.165, 1.54) is 47.8 Å². The van der Waals surface area contributed by atoms with Crippen LogP contribution in [0.3, 0.4) is 0 Å². The molecular formula is C21H19N3O6S. The third-order valence-corrected chi connectivity index (χ3v) is 5.25. The second-order valence-corrected chi connectivity index (χ2v) is 7.25. The van der Waals surface area contributed by atoms with E-state index in [1.54, 1.807) is 36.8 Å². The maximum absolute atomic E-state index is 12.4. The van der Waals surface area contributed by atoms with E-state index in [0.717, 1.165) is 10.2 Å². The lowest BCUT2D eigenvalue weighted by Crippen LogP contribution is -2.22. The van der Waals surface area contributed by atoms with Gasteiger partial charge in [0, 0.05) is 18.2 Å². The van der Waals surface area contributed by atoms with Crippen molar-refractivity contribution >= 4 is 45.2 Å². The standard InChI is InChI=1S/C21H19N3O6S/c1-3-30-20(26)13-23-17-10-9-16(29-2)12-18(17)31-21(23)22-19(25)11-6-14-4-7-15(8-5-14)24(27)28/h4-12H,3,13H2,1-2H3/b11-6-,22-21?. The highest BCUT2D eigenvalue weighted by Crippen LogP contribution is 2.23. The van der Waals surface area contributed by atoms with Gasteiger partial charge in [-0.15, -0.1) is 0 Å². The SMILES string of the molecule is CCOC(=O)Cn1c(=NC(=O)/C=C\c2ccc([N+](=O)[O-])cc2)sc2cc(OC)ccc21. The average molecular weight is 441 g/mol. The molecule has 2 aromatic carbocycles. The number of nitrogens with zero attached hydrogens (tertiary/aromatic N) is 3. The number of rotatable bonds is 7. The smallest absolute Gasteiger partial charge is 0.326 e. The molecule has 0 saturated carbocycles. The number of hydrogen-bond donors (Lipinski definition) is 0. The van der Waals surface area contributed by atoms with E-state index < -0.39 is 16.8 Å². The molecule has 3 rings (SSSR count). The monoisotopic (exact) mass is 441 g/mol. The van der Waals surface area contributed by atoms with Crippen molar-refractivity contribution in [2.24, 2.45) is 4.99 Å². The molecule has 0 N–H and O–H groups in total. The molecule has 1 heterocycles. The number of esters is 1. The van der Waals surface area contributed by atoms with Crippen molar-refractivity contribution in [2.75, 3.05) is 13.7 Å². The van der Waals surface area contributed by atoms with Gasteiger partial charge in [-0.25, -0.2) is 0 Å². The first-order valence-electron chi connectivity index (χ1n) is 9.25. The number of ether oxygens (including phenoxy) is 2. The number of fused-ring (bicyclic) bond motifs is 1. The minimum atomic E-state index is -0.533. The van der Waals surface area contributed by atoms with Crippen LogP contribution >= 0.6 is 11.3 Å². The van der Waals surface area contributed by atoms with Crippen molar-refractivity contribution in [3.05, 3.63) is 69.0 Å². The summed E-state index contributed by atoms with van der Waals surface area (Å²) in [5.74, 6) is -0.323. The number of carbonyl (C=O) groups excluding carboxylic acids is 2. The highest BCUT2D eigenvalue weighted by atomic mass is 32.1. The molecule has 0 spiro atoms. The molecule has 0 saturated heterocycles. The molecule has 31 heavy (non-hydrogen) atoms. The van der Waals surface area contributed by atoms with E-state index in [-0.39, 0.29) is 18.8 Å². The Labute approximate surface area is 181 Å². The van der Waals surface area contributed by atoms with Gasteiger partial charge in [0.2, 0.25) is 0 Å². The van der Waals surface area contributed by atoms with E-state index in [2.05, 4.69) is 4.99 Å². The molecule has 0 radical (unpaired) electrons. The van der Waals surface area contributed by atoms with E-state index in [9.17, 15) is 19.7 Å². The zero-order chi connectivity index (χ0) is 22.4. The summed E-state index contributed by atoms with van der Waals surface area (Å²) in [6.45, 7) is 1.88. The van der Waals surface area contributed by atoms with Gasteiger partial charge in [-0.1, -0.05) is 11.3 Å². The molecule has 10 heteroatoms. The first-order valence-corrected chi connectivity index (χ1v) is 10.1. The predicted octanol–water partition coefficient (Wildman–Crippen LogP) is 3.32. The van der Waals surface area contributed by atoms with E-state index in [4.69, 9.17) is 9.47 Å². The van der Waals surface area contributed by atoms with Crippen molar-refractivity contribution < 1.29 is 24.0 Å². The predicted molar refractivity (Wildman–Crippen MR) is 116 cm³/mol. The number of nitro benzene ring substituents is 1. The van der Waals surface area contributed by atoms with Gasteiger partial charge < -0.3 is 14.0 Å². The van der Waals surface area contributed by atoms with Crippen molar-refractivity contribution in [3.63, 3.8) is 0 Å². The lowest BCUT2D eigenvalue weighted by Gasteiger charge is -2.05. The van der Waals surface area contributed by atoms with Gasteiger partial charge in [0.15, 0.2) is 4.80 Å². The molecule has 0 aliphatic carbocycles. The van der Waals surface area contributed by atoms with E-state index in [0.29, 0.717) is 16.1 Å². The van der Waals surface area contributed by atoms with Crippen LogP contribution in [0, 0.1) is 10.1 Å². The van der Waals surface area contributed by atoms with Crippen LogP contribution in [-0.4, -0.2) is 35.1 Å². The van der Waals surface area contributed by atoms with Crippen molar-refractivity contribution in [1.82, 2.24) is 4.57 Å². The molecule has 1 amide bonds. The Morgan fingerprint density at radius 1 is 1.23 bits per heavy atom. The molecule has 0 fully saturated rings. The van der Waals surface area contributed by atoms with Gasteiger partial charge in [-0.05, 0) is 48.9 Å².